The highest BCUT2D eigenvalue weighted by Gasteiger charge is 2.49. The van der Waals surface area contributed by atoms with E-state index in [4.69, 9.17) is 23.7 Å². The molecule has 0 spiro atoms. The SMILES string of the molecule is CCCC1CCC(C(F)(F)OC2CCC(C(F)(F)OC3CCC(F)CO3)CO2)CO1. The number of ether oxygens (including phenoxy) is 5. The Labute approximate surface area is 173 Å². The van der Waals surface area contributed by atoms with E-state index in [1.165, 1.54) is 0 Å². The average Bonchev–Trinajstić information content (AvgIpc) is 2.70. The summed E-state index contributed by atoms with van der Waals surface area (Å²) < 4.78 is 95.9. The maximum absolute atomic E-state index is 14.5. The van der Waals surface area contributed by atoms with Crippen LogP contribution in [0.3, 0.4) is 0 Å². The van der Waals surface area contributed by atoms with Gasteiger partial charge in [0.25, 0.3) is 0 Å². The number of alkyl halides is 5. The van der Waals surface area contributed by atoms with Crippen LogP contribution in [0.25, 0.3) is 0 Å². The van der Waals surface area contributed by atoms with Crippen LogP contribution in [0, 0.1) is 11.8 Å². The second-order valence-electron chi connectivity index (χ2n) is 8.35. The van der Waals surface area contributed by atoms with Crippen LogP contribution in [-0.4, -0.2) is 56.9 Å². The van der Waals surface area contributed by atoms with Crippen LogP contribution in [0.2, 0.25) is 0 Å². The van der Waals surface area contributed by atoms with Gasteiger partial charge in [-0.2, -0.15) is 17.6 Å². The molecule has 5 nitrogen and oxygen atoms in total. The summed E-state index contributed by atoms with van der Waals surface area (Å²) in [6, 6.07) is 0. The molecule has 6 unspecified atom stereocenters. The minimum atomic E-state index is -3.56. The van der Waals surface area contributed by atoms with Gasteiger partial charge >= 0.3 is 12.2 Å². The van der Waals surface area contributed by atoms with E-state index < -0.39 is 49.4 Å². The van der Waals surface area contributed by atoms with Crippen LogP contribution in [-0.2, 0) is 23.7 Å². The second kappa shape index (κ2) is 10.4. The minimum absolute atomic E-state index is 0.0000891. The van der Waals surface area contributed by atoms with Crippen molar-refractivity contribution in [3.05, 3.63) is 0 Å². The monoisotopic (exact) mass is 446 g/mol. The topological polar surface area (TPSA) is 46.2 Å². The van der Waals surface area contributed by atoms with Gasteiger partial charge in [0.1, 0.15) is 6.17 Å². The van der Waals surface area contributed by atoms with E-state index in [-0.39, 0.29) is 51.4 Å². The Kier molecular flexibility index (Phi) is 8.34. The van der Waals surface area contributed by atoms with Crippen molar-refractivity contribution >= 4 is 0 Å². The molecule has 6 atom stereocenters. The fourth-order valence-electron chi connectivity index (χ4n) is 4.04. The third kappa shape index (κ3) is 6.48. The number of rotatable bonds is 8. The second-order valence-corrected chi connectivity index (χ2v) is 8.35. The van der Waals surface area contributed by atoms with E-state index in [2.05, 4.69) is 0 Å². The Morgan fingerprint density at radius 2 is 1.27 bits per heavy atom. The van der Waals surface area contributed by atoms with Crippen molar-refractivity contribution in [1.29, 1.82) is 0 Å². The normalized spacial score (nSPS) is 36.6. The molecule has 30 heavy (non-hydrogen) atoms. The Morgan fingerprint density at radius 1 is 0.733 bits per heavy atom. The first kappa shape index (κ1) is 24.1. The van der Waals surface area contributed by atoms with Crippen LogP contribution in [0.15, 0.2) is 0 Å². The van der Waals surface area contributed by atoms with Crippen molar-refractivity contribution in [2.45, 2.75) is 95.4 Å². The summed E-state index contributed by atoms with van der Waals surface area (Å²) in [5.41, 5.74) is 0. The lowest BCUT2D eigenvalue weighted by Gasteiger charge is -2.38. The molecule has 0 aromatic heterocycles. The van der Waals surface area contributed by atoms with Crippen LogP contribution in [0.4, 0.5) is 22.0 Å². The van der Waals surface area contributed by atoms with Gasteiger partial charge in [-0.05, 0) is 38.5 Å². The standard InChI is InChI=1S/C20H31F5O5/c1-2-3-16-7-4-13(10-26-16)19(22,23)29-17-8-5-14(11-27-17)20(24,25)30-18-9-6-15(21)12-28-18/h13-18H,2-12H2,1H3. The molecular weight excluding hydrogens is 415 g/mol. The molecule has 3 fully saturated rings. The van der Waals surface area contributed by atoms with Gasteiger partial charge in [-0.3, -0.25) is 9.47 Å². The van der Waals surface area contributed by atoms with Gasteiger partial charge in [0.2, 0.25) is 0 Å². The molecule has 3 aliphatic rings. The largest absolute Gasteiger partial charge is 0.378 e. The summed E-state index contributed by atoms with van der Waals surface area (Å²) in [6.45, 7) is 1.15. The van der Waals surface area contributed by atoms with E-state index in [9.17, 15) is 22.0 Å². The van der Waals surface area contributed by atoms with Crippen molar-refractivity contribution in [3.63, 3.8) is 0 Å². The van der Waals surface area contributed by atoms with E-state index >= 15 is 0 Å². The first-order chi connectivity index (χ1) is 14.2. The maximum atomic E-state index is 14.5. The van der Waals surface area contributed by atoms with E-state index in [1.807, 2.05) is 6.92 Å². The highest BCUT2D eigenvalue weighted by atomic mass is 19.3. The lowest BCUT2D eigenvalue weighted by Crippen LogP contribution is -2.47. The molecule has 0 N–H and O–H groups in total. The maximum Gasteiger partial charge on any atom is 0.362 e. The van der Waals surface area contributed by atoms with Crippen LogP contribution in [0.5, 0.6) is 0 Å². The molecule has 3 saturated heterocycles. The highest BCUT2D eigenvalue weighted by molar-refractivity contribution is 4.79. The highest BCUT2D eigenvalue weighted by Crippen LogP contribution is 2.40. The molecule has 0 aromatic carbocycles. The molecule has 3 heterocycles. The lowest BCUT2D eigenvalue weighted by atomic mass is 9.95. The van der Waals surface area contributed by atoms with Crippen molar-refractivity contribution in [2.24, 2.45) is 11.8 Å². The molecule has 3 rings (SSSR count). The summed E-state index contributed by atoms with van der Waals surface area (Å²) in [5, 5.41) is 0. The van der Waals surface area contributed by atoms with Crippen molar-refractivity contribution < 1.29 is 45.6 Å². The molecule has 0 amide bonds. The van der Waals surface area contributed by atoms with E-state index in [0.717, 1.165) is 12.8 Å². The van der Waals surface area contributed by atoms with E-state index in [0.29, 0.717) is 6.42 Å². The van der Waals surface area contributed by atoms with Crippen molar-refractivity contribution in [1.82, 2.24) is 0 Å². The third-order valence-corrected chi connectivity index (χ3v) is 5.92. The fraction of sp³-hybridized carbons (Fsp3) is 1.00. The Balaban J connectivity index is 1.42. The number of hydrogen-bond donors (Lipinski definition) is 0. The first-order valence-electron chi connectivity index (χ1n) is 10.8. The fourth-order valence-corrected chi connectivity index (χ4v) is 4.04. The Morgan fingerprint density at radius 3 is 1.70 bits per heavy atom. The van der Waals surface area contributed by atoms with Crippen molar-refractivity contribution in [2.75, 3.05) is 19.8 Å². The Hall–Kier alpha value is -0.550. The van der Waals surface area contributed by atoms with E-state index in [1.54, 1.807) is 0 Å². The zero-order valence-electron chi connectivity index (χ0n) is 17.2. The van der Waals surface area contributed by atoms with Gasteiger partial charge in [-0.15, -0.1) is 0 Å². The Bertz CT molecular complexity index is 514. The van der Waals surface area contributed by atoms with Crippen LogP contribution in [0.1, 0.15) is 58.3 Å². The molecule has 0 aliphatic carbocycles. The van der Waals surface area contributed by atoms with Gasteiger partial charge in [-0.25, -0.2) is 4.39 Å². The van der Waals surface area contributed by atoms with Gasteiger partial charge in [-0.1, -0.05) is 13.3 Å². The summed E-state index contributed by atoms with van der Waals surface area (Å²) >= 11 is 0. The molecule has 3 aliphatic heterocycles. The van der Waals surface area contributed by atoms with Gasteiger partial charge < -0.3 is 14.2 Å². The zero-order valence-corrected chi connectivity index (χ0v) is 17.2. The molecule has 0 saturated carbocycles. The van der Waals surface area contributed by atoms with Gasteiger partial charge in [0.15, 0.2) is 12.6 Å². The van der Waals surface area contributed by atoms with Crippen molar-refractivity contribution in [3.8, 4) is 0 Å². The summed E-state index contributed by atoms with van der Waals surface area (Å²) in [5.74, 6) is -2.40. The molecule has 10 heteroatoms. The third-order valence-electron chi connectivity index (χ3n) is 5.92. The lowest BCUT2D eigenvalue weighted by molar-refractivity contribution is -0.381. The predicted molar refractivity (Wildman–Crippen MR) is 95.8 cm³/mol. The van der Waals surface area contributed by atoms with Gasteiger partial charge in [0, 0.05) is 6.42 Å². The molecule has 176 valence electrons. The molecule has 0 bridgehead atoms. The summed E-state index contributed by atoms with van der Waals surface area (Å²) in [4.78, 5) is 0. The van der Waals surface area contributed by atoms with Crippen LogP contribution >= 0.6 is 0 Å². The number of hydrogen-bond acceptors (Lipinski definition) is 5. The predicted octanol–water partition coefficient (Wildman–Crippen LogP) is 5.03. The summed E-state index contributed by atoms with van der Waals surface area (Å²) in [7, 11) is 0. The smallest absolute Gasteiger partial charge is 0.362 e. The molecule has 0 radical (unpaired) electrons. The summed E-state index contributed by atoms with van der Waals surface area (Å²) in [6.07, 6.45) is -8.15. The first-order valence-corrected chi connectivity index (χ1v) is 10.8. The number of halogens is 5. The molecular formula is C20H31F5O5. The quantitative estimate of drug-likeness (QED) is 0.490. The molecule has 0 aromatic rings. The average molecular weight is 446 g/mol. The van der Waals surface area contributed by atoms with Gasteiger partial charge in [0.05, 0.1) is 37.8 Å². The minimum Gasteiger partial charge on any atom is -0.378 e. The zero-order chi connectivity index (χ0) is 21.8. The van der Waals surface area contributed by atoms with Crippen LogP contribution < -0.4 is 0 Å².